The quantitative estimate of drug-likeness (QED) is 0.831. The first-order valence-electron chi connectivity index (χ1n) is 8.24. The van der Waals surface area contributed by atoms with Crippen LogP contribution in [0.15, 0.2) is 29.9 Å². The van der Waals surface area contributed by atoms with Crippen molar-refractivity contribution in [3.8, 4) is 0 Å². The lowest BCUT2D eigenvalue weighted by Gasteiger charge is -2.23. The molecule has 3 rings (SSSR count). The summed E-state index contributed by atoms with van der Waals surface area (Å²) in [6.07, 6.45) is 4.24. The molecule has 9 heteroatoms. The molecule has 1 unspecified atom stereocenters. The molecule has 0 aromatic carbocycles. The molecule has 1 fully saturated rings. The molecule has 1 aliphatic rings. The molecule has 0 bridgehead atoms. The van der Waals surface area contributed by atoms with Crippen molar-refractivity contribution in [3.05, 3.63) is 34.8 Å². The van der Waals surface area contributed by atoms with Gasteiger partial charge >= 0.3 is 5.97 Å². The molecule has 1 atom stereocenters. The van der Waals surface area contributed by atoms with E-state index in [-0.39, 0.29) is 11.8 Å². The van der Waals surface area contributed by atoms with E-state index in [1.807, 2.05) is 11.4 Å². The van der Waals surface area contributed by atoms with Gasteiger partial charge in [0.05, 0.1) is 16.8 Å². The highest BCUT2D eigenvalue weighted by atomic mass is 32.1. The second kappa shape index (κ2) is 6.91. The predicted molar refractivity (Wildman–Crippen MR) is 96.2 cm³/mol. The molecule has 2 N–H and O–H groups in total. The van der Waals surface area contributed by atoms with Crippen molar-refractivity contribution in [2.45, 2.75) is 38.3 Å². The molecule has 0 spiro atoms. The lowest BCUT2D eigenvalue weighted by molar-refractivity contribution is -0.146. The van der Waals surface area contributed by atoms with Crippen molar-refractivity contribution < 1.29 is 19.5 Å². The molecule has 138 valence electrons. The number of carbonyl (C=O) groups excluding carboxylic acids is 2. The number of aromatic nitrogens is 2. The summed E-state index contributed by atoms with van der Waals surface area (Å²) < 4.78 is 1.29. The van der Waals surface area contributed by atoms with Crippen LogP contribution in [0.2, 0.25) is 0 Å². The number of thiophene rings is 1. The minimum absolute atomic E-state index is 0.139. The summed E-state index contributed by atoms with van der Waals surface area (Å²) in [6.45, 7) is 3.58. The van der Waals surface area contributed by atoms with Gasteiger partial charge in [0.1, 0.15) is 6.04 Å². The first-order valence-corrected chi connectivity index (χ1v) is 9.12. The molecule has 1 saturated heterocycles. The monoisotopic (exact) mass is 376 g/mol. The van der Waals surface area contributed by atoms with Gasteiger partial charge in [-0.1, -0.05) is 6.07 Å². The first-order chi connectivity index (χ1) is 12.3. The van der Waals surface area contributed by atoms with Crippen LogP contribution in [0.4, 0.5) is 5.69 Å². The Bertz CT molecular complexity index is 828. The molecule has 0 saturated carbocycles. The van der Waals surface area contributed by atoms with Gasteiger partial charge in [-0.2, -0.15) is 5.10 Å². The minimum atomic E-state index is -1.22. The Balaban J connectivity index is 1.71. The van der Waals surface area contributed by atoms with Gasteiger partial charge in [-0.3, -0.25) is 14.3 Å². The number of carboxylic acids is 1. The molecule has 3 heterocycles. The van der Waals surface area contributed by atoms with Crippen molar-refractivity contribution in [1.29, 1.82) is 0 Å². The smallest absolute Gasteiger partial charge is 0.331 e. The van der Waals surface area contributed by atoms with Crippen LogP contribution in [-0.2, 0) is 15.1 Å². The molecule has 2 amide bonds. The topological polar surface area (TPSA) is 105 Å². The zero-order chi connectivity index (χ0) is 18.9. The predicted octanol–water partition coefficient (Wildman–Crippen LogP) is 2.01. The normalized spacial score (nSPS) is 17.3. The maximum Gasteiger partial charge on any atom is 0.331 e. The van der Waals surface area contributed by atoms with Crippen LogP contribution >= 0.6 is 11.3 Å². The van der Waals surface area contributed by atoms with Crippen LogP contribution in [0.5, 0.6) is 0 Å². The Morgan fingerprint density at radius 2 is 2.15 bits per heavy atom. The Labute approximate surface area is 154 Å². The van der Waals surface area contributed by atoms with Crippen molar-refractivity contribution in [1.82, 2.24) is 14.7 Å². The number of anilines is 1. The maximum atomic E-state index is 12.6. The standard InChI is InChI=1S/C17H20N4O4S/c1-17(2,16(24)25)21-10-11(9-18-21)19-14(22)12-5-3-7-20(12)15(23)13-6-4-8-26-13/h4,6,8-10,12H,3,5,7H2,1-2H3,(H,19,22)(H,24,25). The summed E-state index contributed by atoms with van der Waals surface area (Å²) in [5, 5.41) is 17.8. The van der Waals surface area contributed by atoms with Crippen LogP contribution < -0.4 is 5.32 Å². The Morgan fingerprint density at radius 1 is 1.38 bits per heavy atom. The second-order valence-electron chi connectivity index (χ2n) is 6.66. The third-order valence-electron chi connectivity index (χ3n) is 4.49. The molecule has 0 radical (unpaired) electrons. The summed E-state index contributed by atoms with van der Waals surface area (Å²) in [6, 6.07) is 3.01. The van der Waals surface area contributed by atoms with Gasteiger partial charge in [-0.15, -0.1) is 11.3 Å². The number of nitrogens with zero attached hydrogens (tertiary/aromatic N) is 3. The summed E-state index contributed by atoms with van der Waals surface area (Å²) in [5.74, 6) is -1.46. The van der Waals surface area contributed by atoms with Gasteiger partial charge in [-0.25, -0.2) is 4.79 Å². The van der Waals surface area contributed by atoms with E-state index in [9.17, 15) is 19.5 Å². The summed E-state index contributed by atoms with van der Waals surface area (Å²) in [4.78, 5) is 38.7. The number of nitrogens with one attached hydrogen (secondary N) is 1. The second-order valence-corrected chi connectivity index (χ2v) is 7.61. The van der Waals surface area contributed by atoms with E-state index < -0.39 is 17.6 Å². The molecule has 1 aliphatic heterocycles. The summed E-state index contributed by atoms with van der Waals surface area (Å²) in [7, 11) is 0. The number of aliphatic carboxylic acids is 1. The molecule has 2 aromatic heterocycles. The fraction of sp³-hybridized carbons (Fsp3) is 0.412. The molecule has 8 nitrogen and oxygen atoms in total. The maximum absolute atomic E-state index is 12.6. The van der Waals surface area contributed by atoms with Crippen molar-refractivity contribution >= 4 is 34.8 Å². The van der Waals surface area contributed by atoms with Gasteiger partial charge < -0.3 is 15.3 Å². The van der Waals surface area contributed by atoms with Gasteiger partial charge in [-0.05, 0) is 38.1 Å². The molecular weight excluding hydrogens is 356 g/mol. The highest BCUT2D eigenvalue weighted by molar-refractivity contribution is 7.12. The fourth-order valence-electron chi connectivity index (χ4n) is 2.84. The number of hydrogen-bond donors (Lipinski definition) is 2. The molecule has 0 aliphatic carbocycles. The average molecular weight is 376 g/mol. The third-order valence-corrected chi connectivity index (χ3v) is 5.35. The van der Waals surface area contributed by atoms with E-state index in [2.05, 4.69) is 10.4 Å². The third kappa shape index (κ3) is 3.34. The van der Waals surface area contributed by atoms with Gasteiger partial charge in [0.15, 0.2) is 5.54 Å². The Morgan fingerprint density at radius 3 is 2.81 bits per heavy atom. The van der Waals surface area contributed by atoms with Crippen molar-refractivity contribution in [2.75, 3.05) is 11.9 Å². The van der Waals surface area contributed by atoms with Gasteiger partial charge in [0, 0.05) is 12.7 Å². The molecular formula is C17H20N4O4S. The van der Waals surface area contributed by atoms with E-state index in [1.54, 1.807) is 11.0 Å². The van der Waals surface area contributed by atoms with Crippen LogP contribution in [-0.4, -0.2) is 50.2 Å². The van der Waals surface area contributed by atoms with Crippen LogP contribution in [0.25, 0.3) is 0 Å². The van der Waals surface area contributed by atoms with E-state index >= 15 is 0 Å². The first kappa shape index (κ1) is 18.1. The molecule has 26 heavy (non-hydrogen) atoms. The number of likely N-dealkylation sites (tertiary alicyclic amines) is 1. The lowest BCUT2D eigenvalue weighted by atomic mass is 10.1. The highest BCUT2D eigenvalue weighted by Crippen LogP contribution is 2.24. The largest absolute Gasteiger partial charge is 0.479 e. The van der Waals surface area contributed by atoms with E-state index in [1.165, 1.54) is 42.3 Å². The summed E-state index contributed by atoms with van der Waals surface area (Å²) >= 11 is 1.35. The SMILES string of the molecule is CC(C)(C(=O)O)n1cc(NC(=O)C2CCCN2C(=O)c2cccs2)cn1. The average Bonchev–Trinajstić information content (AvgIpc) is 3.34. The number of hydrogen-bond acceptors (Lipinski definition) is 5. The van der Waals surface area contributed by atoms with Crippen molar-refractivity contribution in [2.24, 2.45) is 0 Å². The fourth-order valence-corrected chi connectivity index (χ4v) is 3.52. The molecule has 2 aromatic rings. The zero-order valence-electron chi connectivity index (χ0n) is 14.5. The summed E-state index contributed by atoms with van der Waals surface area (Å²) in [5.41, 5.74) is -0.822. The van der Waals surface area contributed by atoms with Gasteiger partial charge in [0.2, 0.25) is 5.91 Å². The van der Waals surface area contributed by atoms with E-state index in [0.717, 1.165) is 6.42 Å². The zero-order valence-corrected chi connectivity index (χ0v) is 15.3. The number of amides is 2. The number of carbonyl (C=O) groups is 3. The number of carboxylic acid groups (broad SMARTS) is 1. The van der Waals surface area contributed by atoms with E-state index in [4.69, 9.17) is 0 Å². The van der Waals surface area contributed by atoms with Gasteiger partial charge in [0.25, 0.3) is 5.91 Å². The Hall–Kier alpha value is -2.68. The Kier molecular flexibility index (Phi) is 4.82. The van der Waals surface area contributed by atoms with E-state index in [0.29, 0.717) is 23.5 Å². The minimum Gasteiger partial charge on any atom is -0.479 e. The van der Waals surface area contributed by atoms with Crippen molar-refractivity contribution in [3.63, 3.8) is 0 Å². The highest BCUT2D eigenvalue weighted by Gasteiger charge is 2.35. The van der Waals surface area contributed by atoms with Crippen LogP contribution in [0.3, 0.4) is 0 Å². The van der Waals surface area contributed by atoms with Crippen LogP contribution in [0, 0.1) is 0 Å². The van der Waals surface area contributed by atoms with Crippen LogP contribution in [0.1, 0.15) is 36.4 Å². The number of rotatable bonds is 5. The lowest BCUT2D eigenvalue weighted by Crippen LogP contribution is -2.43.